The number of rotatable bonds is 4. The molecular weight excluding hydrogens is 296 g/mol. The third-order valence-corrected chi connectivity index (χ3v) is 6.06. The first kappa shape index (κ1) is 15.9. The van der Waals surface area contributed by atoms with E-state index in [9.17, 15) is 23.6 Å². The zero-order chi connectivity index (χ0) is 15.8. The number of nitro groups is 1. The van der Waals surface area contributed by atoms with E-state index in [0.717, 1.165) is 0 Å². The summed E-state index contributed by atoms with van der Waals surface area (Å²) in [6.45, 7) is 3.56. The lowest BCUT2D eigenvalue weighted by Crippen LogP contribution is -2.40. The molecule has 2 rings (SSSR count). The van der Waals surface area contributed by atoms with E-state index in [1.165, 1.54) is 29.4 Å². The van der Waals surface area contributed by atoms with Crippen LogP contribution < -0.4 is 0 Å². The van der Waals surface area contributed by atoms with E-state index in [1.54, 1.807) is 0 Å². The number of nitrogens with zero attached hydrogens (tertiary/aromatic N) is 2. The fourth-order valence-corrected chi connectivity index (χ4v) is 4.64. The quantitative estimate of drug-likeness (QED) is 0.666. The lowest BCUT2D eigenvalue weighted by atomic mass is 10.0. The first-order valence-corrected chi connectivity index (χ1v) is 8.10. The standard InChI is InChI=1S/C13H18N2O5S/c1-9-5-6-14(12(9)8-16)21(19,20)13-4-3-11(15(17)18)7-10(13)2/h3-4,7,9,12,16H,5-6,8H2,1-2H3. The third-order valence-electron chi connectivity index (χ3n) is 3.97. The van der Waals surface area contributed by atoms with Gasteiger partial charge in [-0.15, -0.1) is 0 Å². The van der Waals surface area contributed by atoms with Crippen molar-refractivity contribution >= 4 is 15.7 Å². The summed E-state index contributed by atoms with van der Waals surface area (Å²) in [5.41, 5.74) is 0.195. The first-order valence-electron chi connectivity index (χ1n) is 6.66. The van der Waals surface area contributed by atoms with Gasteiger partial charge in [-0.1, -0.05) is 6.92 Å². The minimum atomic E-state index is -3.76. The second kappa shape index (κ2) is 5.70. The molecule has 1 aromatic carbocycles. The highest BCUT2D eigenvalue weighted by Gasteiger charge is 2.39. The van der Waals surface area contributed by atoms with Crippen LogP contribution in [0.2, 0.25) is 0 Å². The molecule has 0 saturated carbocycles. The molecule has 0 radical (unpaired) electrons. The molecule has 1 heterocycles. The second-order valence-corrected chi connectivity index (χ2v) is 7.20. The van der Waals surface area contributed by atoms with Crippen LogP contribution in [0, 0.1) is 23.0 Å². The lowest BCUT2D eigenvalue weighted by molar-refractivity contribution is -0.385. The Hall–Kier alpha value is -1.51. The van der Waals surface area contributed by atoms with Crippen LogP contribution in [0.15, 0.2) is 23.1 Å². The summed E-state index contributed by atoms with van der Waals surface area (Å²) in [6.07, 6.45) is 0.691. The van der Waals surface area contributed by atoms with Crippen LogP contribution >= 0.6 is 0 Å². The molecular formula is C13H18N2O5S. The SMILES string of the molecule is Cc1cc([N+](=O)[O-])ccc1S(=O)(=O)N1CCC(C)C1CO. The van der Waals surface area contributed by atoms with Crippen LogP contribution in [0.4, 0.5) is 5.69 Å². The number of hydrogen-bond acceptors (Lipinski definition) is 5. The fraction of sp³-hybridized carbons (Fsp3) is 0.538. The van der Waals surface area contributed by atoms with Gasteiger partial charge in [-0.05, 0) is 30.9 Å². The van der Waals surface area contributed by atoms with E-state index in [-0.39, 0.29) is 23.1 Å². The van der Waals surface area contributed by atoms with Crippen LogP contribution in [0.5, 0.6) is 0 Å². The average Bonchev–Trinajstić information content (AvgIpc) is 2.79. The third kappa shape index (κ3) is 2.78. The van der Waals surface area contributed by atoms with Crippen LogP contribution in [0.3, 0.4) is 0 Å². The molecule has 2 unspecified atom stereocenters. The summed E-state index contributed by atoms with van der Waals surface area (Å²) >= 11 is 0. The van der Waals surface area contributed by atoms with Crippen molar-refractivity contribution in [3.63, 3.8) is 0 Å². The lowest BCUT2D eigenvalue weighted by Gasteiger charge is -2.25. The second-order valence-electron chi connectivity index (χ2n) is 5.34. The van der Waals surface area contributed by atoms with Crippen LogP contribution in [-0.4, -0.2) is 41.9 Å². The summed E-state index contributed by atoms with van der Waals surface area (Å²) in [5.74, 6) is 0.0862. The van der Waals surface area contributed by atoms with Crippen molar-refractivity contribution < 1.29 is 18.4 Å². The number of benzene rings is 1. The summed E-state index contributed by atoms with van der Waals surface area (Å²) in [7, 11) is -3.76. The van der Waals surface area contributed by atoms with Gasteiger partial charge in [0.1, 0.15) is 0 Å². The van der Waals surface area contributed by atoms with E-state index in [0.29, 0.717) is 18.5 Å². The highest BCUT2D eigenvalue weighted by atomic mass is 32.2. The zero-order valence-electron chi connectivity index (χ0n) is 11.9. The van der Waals surface area contributed by atoms with Gasteiger partial charge in [0.25, 0.3) is 5.69 Å². The van der Waals surface area contributed by atoms with Crippen molar-refractivity contribution in [1.82, 2.24) is 4.31 Å². The van der Waals surface area contributed by atoms with Crippen LogP contribution in [-0.2, 0) is 10.0 Å². The Morgan fingerprint density at radius 2 is 2.14 bits per heavy atom. The number of hydrogen-bond donors (Lipinski definition) is 1. The number of aliphatic hydroxyl groups is 1. The maximum Gasteiger partial charge on any atom is 0.269 e. The minimum absolute atomic E-state index is 0.0562. The number of aliphatic hydroxyl groups excluding tert-OH is 1. The molecule has 0 spiro atoms. The molecule has 1 N–H and O–H groups in total. The van der Waals surface area contributed by atoms with E-state index in [1.807, 2.05) is 6.92 Å². The maximum atomic E-state index is 12.7. The Morgan fingerprint density at radius 1 is 1.48 bits per heavy atom. The smallest absolute Gasteiger partial charge is 0.269 e. The van der Waals surface area contributed by atoms with E-state index in [2.05, 4.69) is 0 Å². The largest absolute Gasteiger partial charge is 0.395 e. The first-order chi connectivity index (χ1) is 9.78. The van der Waals surface area contributed by atoms with Gasteiger partial charge < -0.3 is 5.11 Å². The van der Waals surface area contributed by atoms with Crippen LogP contribution in [0.25, 0.3) is 0 Å². The van der Waals surface area contributed by atoms with Crippen molar-refractivity contribution in [3.05, 3.63) is 33.9 Å². The maximum absolute atomic E-state index is 12.7. The van der Waals surface area contributed by atoms with Gasteiger partial charge in [0.15, 0.2) is 0 Å². The Kier molecular flexibility index (Phi) is 4.31. The number of non-ortho nitro benzene ring substituents is 1. The molecule has 1 aromatic rings. The molecule has 8 heteroatoms. The molecule has 1 aliphatic heterocycles. The van der Waals surface area contributed by atoms with Gasteiger partial charge in [0.05, 0.1) is 22.5 Å². The van der Waals surface area contributed by atoms with Gasteiger partial charge >= 0.3 is 0 Å². The highest BCUT2D eigenvalue weighted by Crippen LogP contribution is 2.32. The van der Waals surface area contributed by atoms with Crippen molar-refractivity contribution in [3.8, 4) is 0 Å². The van der Waals surface area contributed by atoms with Crippen molar-refractivity contribution in [2.24, 2.45) is 5.92 Å². The van der Waals surface area contributed by atoms with Gasteiger partial charge in [0.2, 0.25) is 10.0 Å². The summed E-state index contributed by atoms with van der Waals surface area (Å²) in [4.78, 5) is 10.2. The number of aryl methyl sites for hydroxylation is 1. The fourth-order valence-electron chi connectivity index (χ4n) is 2.71. The predicted molar refractivity (Wildman–Crippen MR) is 76.4 cm³/mol. The number of nitro benzene ring substituents is 1. The molecule has 0 bridgehead atoms. The molecule has 7 nitrogen and oxygen atoms in total. The topological polar surface area (TPSA) is 101 Å². The molecule has 0 aromatic heterocycles. The number of sulfonamides is 1. The Morgan fingerprint density at radius 3 is 2.67 bits per heavy atom. The molecule has 0 aliphatic carbocycles. The van der Waals surface area contributed by atoms with E-state index in [4.69, 9.17) is 0 Å². The molecule has 21 heavy (non-hydrogen) atoms. The average molecular weight is 314 g/mol. The van der Waals surface area contributed by atoms with Gasteiger partial charge in [-0.3, -0.25) is 10.1 Å². The molecule has 1 fully saturated rings. The van der Waals surface area contributed by atoms with Crippen molar-refractivity contribution in [2.75, 3.05) is 13.2 Å². The summed E-state index contributed by atoms with van der Waals surface area (Å²) in [6, 6.07) is 3.26. The molecule has 0 amide bonds. The zero-order valence-corrected chi connectivity index (χ0v) is 12.7. The van der Waals surface area contributed by atoms with E-state index < -0.39 is 21.0 Å². The normalized spacial score (nSPS) is 23.4. The molecule has 1 saturated heterocycles. The highest BCUT2D eigenvalue weighted by molar-refractivity contribution is 7.89. The molecule has 2 atom stereocenters. The van der Waals surface area contributed by atoms with Gasteiger partial charge in [0, 0.05) is 18.7 Å². The monoisotopic (exact) mass is 314 g/mol. The minimum Gasteiger partial charge on any atom is -0.395 e. The molecule has 116 valence electrons. The van der Waals surface area contributed by atoms with Crippen molar-refractivity contribution in [2.45, 2.75) is 31.2 Å². The predicted octanol–water partition coefficient (Wildman–Crippen LogP) is 1.29. The summed E-state index contributed by atoms with van der Waals surface area (Å²) < 4.78 is 26.7. The Balaban J connectivity index is 2.43. The van der Waals surface area contributed by atoms with E-state index >= 15 is 0 Å². The molecule has 1 aliphatic rings. The van der Waals surface area contributed by atoms with Gasteiger partial charge in [-0.2, -0.15) is 4.31 Å². The van der Waals surface area contributed by atoms with Crippen LogP contribution in [0.1, 0.15) is 18.9 Å². The summed E-state index contributed by atoms with van der Waals surface area (Å²) in [5, 5.41) is 20.1. The Labute approximate surface area is 123 Å². The van der Waals surface area contributed by atoms with Gasteiger partial charge in [-0.25, -0.2) is 8.42 Å². The van der Waals surface area contributed by atoms with Crippen molar-refractivity contribution in [1.29, 1.82) is 0 Å². The Bertz CT molecular complexity index is 659.